The van der Waals surface area contributed by atoms with Crippen LogP contribution in [-0.4, -0.2) is 14.6 Å². The molecule has 0 unspecified atom stereocenters. The van der Waals surface area contributed by atoms with E-state index in [4.69, 9.17) is 0 Å². The molecule has 1 aromatic carbocycles. The van der Waals surface area contributed by atoms with Gasteiger partial charge in [0, 0.05) is 28.9 Å². The zero-order valence-electron chi connectivity index (χ0n) is 12.6. The Morgan fingerprint density at radius 2 is 1.86 bits per heavy atom. The summed E-state index contributed by atoms with van der Waals surface area (Å²) in [7, 11) is 0. The second kappa shape index (κ2) is 5.20. The van der Waals surface area contributed by atoms with Gasteiger partial charge in [-0.2, -0.15) is 0 Å². The number of nitrogens with zero attached hydrogens (tertiary/aromatic N) is 2. The van der Waals surface area contributed by atoms with Gasteiger partial charge in [-0.3, -0.25) is 9.89 Å². The largest absolute Gasteiger partial charge is 0.294 e. The lowest BCUT2D eigenvalue weighted by Gasteiger charge is -2.06. The maximum absolute atomic E-state index is 12.7. The number of hydrogen-bond acceptors (Lipinski definition) is 2. The molecule has 0 saturated carbocycles. The van der Waals surface area contributed by atoms with Crippen molar-refractivity contribution in [3.63, 3.8) is 0 Å². The van der Waals surface area contributed by atoms with E-state index in [1.807, 2.05) is 44.2 Å². The van der Waals surface area contributed by atoms with Crippen molar-refractivity contribution in [1.82, 2.24) is 14.6 Å². The first-order chi connectivity index (χ1) is 10.1. The molecular formula is C17H19N3O. The molecule has 3 aromatic rings. The van der Waals surface area contributed by atoms with Crippen LogP contribution < -0.4 is 5.56 Å². The van der Waals surface area contributed by atoms with E-state index in [2.05, 4.69) is 17.0 Å². The van der Waals surface area contributed by atoms with Crippen LogP contribution >= 0.6 is 0 Å². The Morgan fingerprint density at radius 1 is 1.14 bits per heavy atom. The van der Waals surface area contributed by atoms with Gasteiger partial charge >= 0.3 is 0 Å². The number of hydrogen-bond donors (Lipinski definition) is 1. The summed E-state index contributed by atoms with van der Waals surface area (Å²) in [6, 6.07) is 10.0. The van der Waals surface area contributed by atoms with Crippen LogP contribution in [-0.2, 0) is 12.8 Å². The molecule has 0 aliphatic rings. The molecule has 0 saturated heterocycles. The Kier molecular flexibility index (Phi) is 3.37. The van der Waals surface area contributed by atoms with E-state index in [1.54, 1.807) is 4.52 Å². The summed E-state index contributed by atoms with van der Waals surface area (Å²) < 4.78 is 1.58. The lowest BCUT2D eigenvalue weighted by atomic mass is 10.1. The van der Waals surface area contributed by atoms with E-state index in [-0.39, 0.29) is 5.56 Å². The maximum Gasteiger partial charge on any atom is 0.276 e. The van der Waals surface area contributed by atoms with Crippen LogP contribution in [0.2, 0.25) is 0 Å². The molecular weight excluding hydrogens is 262 g/mol. The number of H-pyrrole nitrogens is 1. The minimum Gasteiger partial charge on any atom is -0.294 e. The summed E-state index contributed by atoms with van der Waals surface area (Å²) in [6.07, 6.45) is 1.48. The fourth-order valence-corrected chi connectivity index (χ4v) is 2.80. The molecule has 0 spiro atoms. The maximum atomic E-state index is 12.7. The van der Waals surface area contributed by atoms with Crippen LogP contribution in [0.1, 0.15) is 35.0 Å². The Morgan fingerprint density at radius 3 is 2.52 bits per heavy atom. The number of aryl methyl sites for hydroxylation is 3. The van der Waals surface area contributed by atoms with Gasteiger partial charge in [0.1, 0.15) is 0 Å². The van der Waals surface area contributed by atoms with Crippen molar-refractivity contribution in [2.24, 2.45) is 0 Å². The number of rotatable bonds is 3. The molecule has 0 aliphatic heterocycles. The van der Waals surface area contributed by atoms with Crippen molar-refractivity contribution in [1.29, 1.82) is 0 Å². The van der Waals surface area contributed by atoms with Crippen molar-refractivity contribution in [2.75, 3.05) is 0 Å². The SMILES string of the molecule is CCc1c(C)[nH]n2c(=O)c(Cc3ccccc3)c(C)nc12. The van der Waals surface area contributed by atoms with E-state index in [1.165, 1.54) is 0 Å². The zero-order chi connectivity index (χ0) is 15.0. The first-order valence-corrected chi connectivity index (χ1v) is 7.25. The first kappa shape index (κ1) is 13.6. The molecule has 3 rings (SSSR count). The van der Waals surface area contributed by atoms with Gasteiger partial charge in [-0.25, -0.2) is 9.50 Å². The summed E-state index contributed by atoms with van der Waals surface area (Å²) >= 11 is 0. The number of nitrogens with one attached hydrogen (secondary N) is 1. The lowest BCUT2D eigenvalue weighted by molar-refractivity contribution is 0.847. The Balaban J connectivity index is 2.19. The quantitative estimate of drug-likeness (QED) is 0.802. The molecule has 0 amide bonds. The fourth-order valence-electron chi connectivity index (χ4n) is 2.80. The molecule has 108 valence electrons. The summed E-state index contributed by atoms with van der Waals surface area (Å²) in [4.78, 5) is 17.4. The van der Waals surface area contributed by atoms with Crippen LogP contribution in [0.4, 0.5) is 0 Å². The minimum atomic E-state index is 0.00385. The van der Waals surface area contributed by atoms with Gasteiger partial charge < -0.3 is 0 Å². The molecule has 21 heavy (non-hydrogen) atoms. The summed E-state index contributed by atoms with van der Waals surface area (Å²) in [6.45, 7) is 5.98. The third kappa shape index (κ3) is 2.27. The van der Waals surface area contributed by atoms with E-state index in [0.29, 0.717) is 6.42 Å². The Bertz CT molecular complexity index is 844. The van der Waals surface area contributed by atoms with Crippen molar-refractivity contribution in [3.05, 3.63) is 68.8 Å². The molecule has 0 aliphatic carbocycles. The van der Waals surface area contributed by atoms with Gasteiger partial charge in [0.25, 0.3) is 5.56 Å². The van der Waals surface area contributed by atoms with Crippen LogP contribution in [0.25, 0.3) is 5.65 Å². The fraction of sp³-hybridized carbons (Fsp3) is 0.294. The van der Waals surface area contributed by atoms with Gasteiger partial charge in [-0.1, -0.05) is 37.3 Å². The molecule has 0 radical (unpaired) electrons. The minimum absolute atomic E-state index is 0.00385. The van der Waals surface area contributed by atoms with Crippen LogP contribution in [0, 0.1) is 13.8 Å². The topological polar surface area (TPSA) is 50.2 Å². The zero-order valence-corrected chi connectivity index (χ0v) is 12.6. The third-order valence-electron chi connectivity index (χ3n) is 3.96. The average Bonchev–Trinajstić information content (AvgIpc) is 2.80. The normalized spacial score (nSPS) is 11.2. The Hall–Kier alpha value is -2.36. The molecule has 0 fully saturated rings. The molecule has 2 heterocycles. The predicted octanol–water partition coefficient (Wildman–Crippen LogP) is 2.79. The van der Waals surface area contributed by atoms with Gasteiger partial charge in [-0.15, -0.1) is 0 Å². The number of fused-ring (bicyclic) bond motifs is 1. The van der Waals surface area contributed by atoms with Gasteiger partial charge in [0.2, 0.25) is 0 Å². The van der Waals surface area contributed by atoms with E-state index < -0.39 is 0 Å². The van der Waals surface area contributed by atoms with Crippen molar-refractivity contribution in [2.45, 2.75) is 33.6 Å². The molecule has 1 N–H and O–H groups in total. The highest BCUT2D eigenvalue weighted by Gasteiger charge is 2.15. The highest BCUT2D eigenvalue weighted by Crippen LogP contribution is 2.15. The first-order valence-electron chi connectivity index (χ1n) is 7.25. The van der Waals surface area contributed by atoms with Crippen molar-refractivity contribution in [3.8, 4) is 0 Å². The molecule has 4 heteroatoms. The highest BCUT2D eigenvalue weighted by atomic mass is 16.1. The smallest absolute Gasteiger partial charge is 0.276 e. The number of aromatic amines is 1. The third-order valence-corrected chi connectivity index (χ3v) is 3.96. The number of aromatic nitrogens is 3. The van der Waals surface area contributed by atoms with Crippen LogP contribution in [0.3, 0.4) is 0 Å². The summed E-state index contributed by atoms with van der Waals surface area (Å²) in [5, 5.41) is 3.14. The molecule has 0 atom stereocenters. The van der Waals surface area contributed by atoms with E-state index in [9.17, 15) is 4.79 Å². The lowest BCUT2D eigenvalue weighted by Crippen LogP contribution is -2.22. The van der Waals surface area contributed by atoms with E-state index in [0.717, 1.165) is 40.1 Å². The second-order valence-corrected chi connectivity index (χ2v) is 5.37. The van der Waals surface area contributed by atoms with Crippen LogP contribution in [0.15, 0.2) is 35.1 Å². The summed E-state index contributed by atoms with van der Waals surface area (Å²) in [5.74, 6) is 0. The predicted molar refractivity (Wildman–Crippen MR) is 83.9 cm³/mol. The van der Waals surface area contributed by atoms with Crippen LogP contribution in [0.5, 0.6) is 0 Å². The molecule has 4 nitrogen and oxygen atoms in total. The van der Waals surface area contributed by atoms with Gasteiger partial charge in [-0.05, 0) is 25.8 Å². The van der Waals surface area contributed by atoms with Crippen molar-refractivity contribution >= 4 is 5.65 Å². The standard InChI is InChI=1S/C17H19N3O/c1-4-14-12(3)19-20-16(14)18-11(2)15(17(20)21)10-13-8-6-5-7-9-13/h5-9,19H,4,10H2,1-3H3. The summed E-state index contributed by atoms with van der Waals surface area (Å²) in [5.41, 5.74) is 5.58. The Labute approximate surface area is 123 Å². The average molecular weight is 281 g/mol. The molecule has 2 aromatic heterocycles. The highest BCUT2D eigenvalue weighted by molar-refractivity contribution is 5.51. The van der Waals surface area contributed by atoms with Crippen molar-refractivity contribution < 1.29 is 0 Å². The number of benzene rings is 1. The second-order valence-electron chi connectivity index (χ2n) is 5.37. The molecule has 0 bridgehead atoms. The van der Waals surface area contributed by atoms with Gasteiger partial charge in [0.05, 0.1) is 0 Å². The monoisotopic (exact) mass is 281 g/mol. The van der Waals surface area contributed by atoms with E-state index >= 15 is 0 Å². The van der Waals surface area contributed by atoms with Gasteiger partial charge in [0.15, 0.2) is 5.65 Å².